The molecule has 2 heterocycles. The number of rotatable bonds is 5. The molecule has 0 saturated carbocycles. The largest absolute Gasteiger partial charge is 0.373 e. The first-order chi connectivity index (χ1) is 8.76. The van der Waals surface area contributed by atoms with Gasteiger partial charge < -0.3 is 10.6 Å². The lowest BCUT2D eigenvalue weighted by Crippen LogP contribution is -2.08. The molecule has 2 aromatic heterocycles. The van der Waals surface area contributed by atoms with Gasteiger partial charge in [0.2, 0.25) is 0 Å². The molecule has 6 heteroatoms. The van der Waals surface area contributed by atoms with Crippen molar-refractivity contribution in [3.8, 4) is 0 Å². The molecule has 0 aliphatic carbocycles. The highest BCUT2D eigenvalue weighted by Crippen LogP contribution is 2.21. The fraction of sp³-hybridized carbons (Fsp3) is 0.417. The molecule has 0 aromatic carbocycles. The van der Waals surface area contributed by atoms with Crippen molar-refractivity contribution in [2.75, 3.05) is 17.7 Å². The van der Waals surface area contributed by atoms with Gasteiger partial charge in [-0.3, -0.25) is 0 Å². The van der Waals surface area contributed by atoms with Crippen LogP contribution in [-0.4, -0.2) is 22.0 Å². The average Bonchev–Trinajstić information content (AvgIpc) is 2.81. The van der Waals surface area contributed by atoms with Crippen molar-refractivity contribution < 1.29 is 0 Å². The normalized spacial score (nSPS) is 10.4. The summed E-state index contributed by atoms with van der Waals surface area (Å²) in [5.74, 6) is 1.78. The lowest BCUT2D eigenvalue weighted by molar-refractivity contribution is 1.01. The van der Waals surface area contributed by atoms with E-state index in [0.29, 0.717) is 0 Å². The van der Waals surface area contributed by atoms with E-state index >= 15 is 0 Å². The average molecular weight is 263 g/mol. The van der Waals surface area contributed by atoms with Gasteiger partial charge in [0.1, 0.15) is 18.0 Å². The summed E-state index contributed by atoms with van der Waals surface area (Å²) in [4.78, 5) is 14.0. The molecule has 0 aliphatic heterocycles. The number of hydrogen-bond acceptors (Lipinski definition) is 6. The Morgan fingerprint density at radius 2 is 2.00 bits per heavy atom. The van der Waals surface area contributed by atoms with E-state index in [1.54, 1.807) is 17.7 Å². The Labute approximate surface area is 111 Å². The molecular formula is C12H17N5S. The third-order valence-corrected chi connectivity index (χ3v) is 3.73. The first kappa shape index (κ1) is 12.8. The van der Waals surface area contributed by atoms with Gasteiger partial charge >= 0.3 is 0 Å². The minimum Gasteiger partial charge on any atom is -0.373 e. The minimum atomic E-state index is 0.754. The summed E-state index contributed by atoms with van der Waals surface area (Å²) in [6.45, 7) is 4.87. The molecule has 2 N–H and O–H groups in total. The molecule has 96 valence electrons. The maximum absolute atomic E-state index is 4.31. The van der Waals surface area contributed by atoms with E-state index in [9.17, 15) is 0 Å². The molecule has 0 saturated heterocycles. The van der Waals surface area contributed by atoms with Crippen LogP contribution < -0.4 is 10.6 Å². The molecule has 0 fully saturated rings. The number of aryl methyl sites for hydroxylation is 1. The van der Waals surface area contributed by atoms with Crippen molar-refractivity contribution >= 4 is 23.0 Å². The third-order valence-electron chi connectivity index (χ3n) is 2.80. The highest BCUT2D eigenvalue weighted by Gasteiger charge is 2.09. The van der Waals surface area contributed by atoms with Crippen LogP contribution in [0.4, 0.5) is 11.6 Å². The molecular weight excluding hydrogens is 246 g/mol. The van der Waals surface area contributed by atoms with Gasteiger partial charge in [-0.05, 0) is 13.3 Å². The second-order valence-electron chi connectivity index (χ2n) is 3.87. The standard InChI is InChI=1S/C12H17N5S/c1-4-9-11(13-3)15-6-16-12(9)14-5-10-8(2)17-7-18-10/h6-7H,4-5H2,1-3H3,(H2,13,14,15,16). The lowest BCUT2D eigenvalue weighted by Gasteiger charge is -2.12. The lowest BCUT2D eigenvalue weighted by atomic mass is 10.2. The molecule has 5 nitrogen and oxygen atoms in total. The van der Waals surface area contributed by atoms with E-state index in [4.69, 9.17) is 0 Å². The van der Waals surface area contributed by atoms with Crippen molar-refractivity contribution in [1.29, 1.82) is 0 Å². The SMILES string of the molecule is CCc1c(NC)ncnc1NCc1scnc1C. The molecule has 18 heavy (non-hydrogen) atoms. The van der Waals surface area contributed by atoms with E-state index in [2.05, 4.69) is 32.5 Å². The number of hydrogen-bond donors (Lipinski definition) is 2. The molecule has 2 aromatic rings. The van der Waals surface area contributed by atoms with Crippen molar-refractivity contribution in [3.63, 3.8) is 0 Å². The number of anilines is 2. The maximum Gasteiger partial charge on any atom is 0.135 e. The van der Waals surface area contributed by atoms with Crippen LogP contribution in [0.15, 0.2) is 11.8 Å². The summed E-state index contributed by atoms with van der Waals surface area (Å²) in [6.07, 6.45) is 2.47. The predicted molar refractivity (Wildman–Crippen MR) is 75.1 cm³/mol. The minimum absolute atomic E-state index is 0.754. The summed E-state index contributed by atoms with van der Waals surface area (Å²) in [7, 11) is 1.87. The van der Waals surface area contributed by atoms with Gasteiger partial charge in [-0.1, -0.05) is 6.92 Å². The number of thiazole rings is 1. The first-order valence-corrected chi connectivity index (χ1v) is 6.78. The van der Waals surface area contributed by atoms with Crippen LogP contribution in [0.2, 0.25) is 0 Å². The van der Waals surface area contributed by atoms with Gasteiger partial charge in [0.05, 0.1) is 17.7 Å². The maximum atomic E-state index is 4.31. The van der Waals surface area contributed by atoms with Gasteiger partial charge in [-0.15, -0.1) is 11.3 Å². The Kier molecular flexibility index (Phi) is 4.09. The third kappa shape index (κ3) is 2.59. The van der Waals surface area contributed by atoms with Crippen LogP contribution in [-0.2, 0) is 13.0 Å². The van der Waals surface area contributed by atoms with Crippen LogP contribution in [0.25, 0.3) is 0 Å². The molecule has 0 aliphatic rings. The van der Waals surface area contributed by atoms with Crippen LogP contribution in [0.3, 0.4) is 0 Å². The summed E-state index contributed by atoms with van der Waals surface area (Å²) in [5.41, 5.74) is 4.06. The van der Waals surface area contributed by atoms with E-state index in [-0.39, 0.29) is 0 Å². The molecule has 0 atom stereocenters. The molecule has 0 amide bonds. The first-order valence-electron chi connectivity index (χ1n) is 5.90. The highest BCUT2D eigenvalue weighted by molar-refractivity contribution is 7.09. The molecule has 0 unspecified atom stereocenters. The van der Waals surface area contributed by atoms with Crippen molar-refractivity contribution in [2.24, 2.45) is 0 Å². The summed E-state index contributed by atoms with van der Waals surface area (Å²) in [6, 6.07) is 0. The monoisotopic (exact) mass is 263 g/mol. The predicted octanol–water partition coefficient (Wildman–Crippen LogP) is 2.46. The van der Waals surface area contributed by atoms with E-state index < -0.39 is 0 Å². The summed E-state index contributed by atoms with van der Waals surface area (Å²) < 4.78 is 0. The number of nitrogens with zero attached hydrogens (tertiary/aromatic N) is 3. The quantitative estimate of drug-likeness (QED) is 0.867. The van der Waals surface area contributed by atoms with Crippen LogP contribution in [0.1, 0.15) is 23.1 Å². The van der Waals surface area contributed by atoms with E-state index in [0.717, 1.165) is 35.9 Å². The van der Waals surface area contributed by atoms with Crippen LogP contribution in [0, 0.1) is 6.92 Å². The Hall–Kier alpha value is -1.69. The van der Waals surface area contributed by atoms with Crippen molar-refractivity contribution in [3.05, 3.63) is 28.0 Å². The Balaban J connectivity index is 2.16. The molecule has 2 rings (SSSR count). The summed E-state index contributed by atoms with van der Waals surface area (Å²) >= 11 is 1.66. The van der Waals surface area contributed by atoms with Gasteiger partial charge in [0, 0.05) is 17.5 Å². The fourth-order valence-corrected chi connectivity index (χ4v) is 2.49. The molecule has 0 bridgehead atoms. The zero-order chi connectivity index (χ0) is 13.0. The molecule has 0 radical (unpaired) electrons. The Morgan fingerprint density at radius 1 is 1.22 bits per heavy atom. The number of nitrogens with one attached hydrogen (secondary N) is 2. The number of aromatic nitrogens is 3. The van der Waals surface area contributed by atoms with Crippen LogP contribution >= 0.6 is 11.3 Å². The topological polar surface area (TPSA) is 62.7 Å². The smallest absolute Gasteiger partial charge is 0.135 e. The van der Waals surface area contributed by atoms with Gasteiger partial charge in [-0.25, -0.2) is 15.0 Å². The van der Waals surface area contributed by atoms with E-state index in [1.165, 1.54) is 4.88 Å². The van der Waals surface area contributed by atoms with Gasteiger partial charge in [0.15, 0.2) is 0 Å². The molecule has 0 spiro atoms. The Bertz CT molecular complexity index is 523. The highest BCUT2D eigenvalue weighted by atomic mass is 32.1. The zero-order valence-corrected chi connectivity index (χ0v) is 11.6. The van der Waals surface area contributed by atoms with E-state index in [1.807, 2.05) is 19.5 Å². The van der Waals surface area contributed by atoms with Crippen molar-refractivity contribution in [1.82, 2.24) is 15.0 Å². The second kappa shape index (κ2) is 5.77. The second-order valence-corrected chi connectivity index (χ2v) is 4.81. The summed E-state index contributed by atoms with van der Waals surface area (Å²) in [5, 5.41) is 6.45. The van der Waals surface area contributed by atoms with Crippen LogP contribution in [0.5, 0.6) is 0 Å². The zero-order valence-electron chi connectivity index (χ0n) is 10.8. The van der Waals surface area contributed by atoms with Gasteiger partial charge in [0.25, 0.3) is 0 Å². The fourth-order valence-electron chi connectivity index (χ4n) is 1.77. The van der Waals surface area contributed by atoms with Gasteiger partial charge in [-0.2, -0.15) is 0 Å². The van der Waals surface area contributed by atoms with Crippen molar-refractivity contribution in [2.45, 2.75) is 26.8 Å². The Morgan fingerprint density at radius 3 is 2.61 bits per heavy atom.